The second kappa shape index (κ2) is 3.97. The lowest BCUT2D eigenvalue weighted by molar-refractivity contribution is 0.297. The number of allylic oxidation sites excluding steroid dienone is 2. The lowest BCUT2D eigenvalue weighted by Crippen LogP contribution is -2.23. The molecule has 0 saturated heterocycles. The Kier molecular flexibility index (Phi) is 3.19. The van der Waals surface area contributed by atoms with Crippen molar-refractivity contribution in [1.29, 1.82) is 0 Å². The van der Waals surface area contributed by atoms with Gasteiger partial charge in [-0.3, -0.25) is 0 Å². The molecule has 12 heavy (non-hydrogen) atoms. The molecule has 1 aliphatic rings. The molecular weight excluding hydrogens is 146 g/mol. The second-order valence-corrected chi connectivity index (χ2v) is 4.28. The molecule has 0 saturated carbocycles. The van der Waals surface area contributed by atoms with Gasteiger partial charge >= 0.3 is 0 Å². The largest absolute Gasteiger partial charge is 0.392 e. The number of nitrogens with one attached hydrogen (secondary N) is 1. The summed E-state index contributed by atoms with van der Waals surface area (Å²) in [5, 5.41) is 3.27. The van der Waals surface area contributed by atoms with Gasteiger partial charge < -0.3 is 5.32 Å². The molecule has 1 nitrogen and oxygen atoms in total. The fourth-order valence-electron chi connectivity index (χ4n) is 2.11. The Hall–Kier alpha value is -0.460. The van der Waals surface area contributed by atoms with Gasteiger partial charge in [-0.15, -0.1) is 0 Å². The van der Waals surface area contributed by atoms with Crippen molar-refractivity contribution in [3.63, 3.8) is 0 Å². The molecule has 0 fully saturated rings. The van der Waals surface area contributed by atoms with Crippen molar-refractivity contribution in [3.8, 4) is 0 Å². The standard InChI is InChI=1S/C11H21N/c1-8(2)11-7-10(12-4)6-5-9(11)3/h7-9,11-12H,5-6H2,1-4H3. The van der Waals surface area contributed by atoms with Crippen molar-refractivity contribution in [2.75, 3.05) is 7.05 Å². The first-order chi connectivity index (χ1) is 5.65. The van der Waals surface area contributed by atoms with Crippen molar-refractivity contribution >= 4 is 0 Å². The third-order valence-corrected chi connectivity index (χ3v) is 3.01. The molecule has 0 amide bonds. The van der Waals surface area contributed by atoms with Gasteiger partial charge in [0.05, 0.1) is 0 Å². The topological polar surface area (TPSA) is 12.0 Å². The van der Waals surface area contributed by atoms with Gasteiger partial charge in [-0.1, -0.05) is 26.8 Å². The molecule has 1 N–H and O–H groups in total. The van der Waals surface area contributed by atoms with Crippen LogP contribution in [0.25, 0.3) is 0 Å². The van der Waals surface area contributed by atoms with Crippen molar-refractivity contribution in [3.05, 3.63) is 11.8 Å². The van der Waals surface area contributed by atoms with Crippen LogP contribution in [0, 0.1) is 17.8 Å². The summed E-state index contributed by atoms with van der Waals surface area (Å²) in [7, 11) is 2.03. The van der Waals surface area contributed by atoms with E-state index in [1.165, 1.54) is 18.5 Å². The summed E-state index contributed by atoms with van der Waals surface area (Å²) < 4.78 is 0. The summed E-state index contributed by atoms with van der Waals surface area (Å²) in [6, 6.07) is 0. The minimum atomic E-state index is 0.779. The zero-order valence-electron chi connectivity index (χ0n) is 8.72. The van der Waals surface area contributed by atoms with Crippen LogP contribution in [-0.2, 0) is 0 Å². The van der Waals surface area contributed by atoms with E-state index in [2.05, 4.69) is 32.2 Å². The first-order valence-electron chi connectivity index (χ1n) is 5.03. The number of hydrogen-bond acceptors (Lipinski definition) is 1. The van der Waals surface area contributed by atoms with E-state index in [0.717, 1.165) is 17.8 Å². The van der Waals surface area contributed by atoms with Crippen LogP contribution in [-0.4, -0.2) is 7.05 Å². The lowest BCUT2D eigenvalue weighted by atomic mass is 9.77. The molecule has 0 aromatic carbocycles. The van der Waals surface area contributed by atoms with Crippen molar-refractivity contribution in [1.82, 2.24) is 5.32 Å². The van der Waals surface area contributed by atoms with E-state index in [1.807, 2.05) is 7.05 Å². The summed E-state index contributed by atoms with van der Waals surface area (Å²) >= 11 is 0. The Balaban J connectivity index is 2.68. The van der Waals surface area contributed by atoms with Crippen LogP contribution in [0.4, 0.5) is 0 Å². The number of hydrogen-bond donors (Lipinski definition) is 1. The normalized spacial score (nSPS) is 30.2. The zero-order valence-corrected chi connectivity index (χ0v) is 8.72. The highest BCUT2D eigenvalue weighted by Crippen LogP contribution is 2.32. The van der Waals surface area contributed by atoms with Crippen LogP contribution in [0.15, 0.2) is 11.8 Å². The van der Waals surface area contributed by atoms with Crippen molar-refractivity contribution < 1.29 is 0 Å². The van der Waals surface area contributed by atoms with Gasteiger partial charge in [0, 0.05) is 12.7 Å². The van der Waals surface area contributed by atoms with Gasteiger partial charge in [-0.2, -0.15) is 0 Å². The highest BCUT2D eigenvalue weighted by molar-refractivity contribution is 5.07. The summed E-state index contributed by atoms with van der Waals surface area (Å²) in [5.74, 6) is 2.42. The molecule has 1 rings (SSSR count). The van der Waals surface area contributed by atoms with E-state index in [9.17, 15) is 0 Å². The predicted octanol–water partition coefficient (Wildman–Crippen LogP) is 2.79. The average Bonchev–Trinajstić information content (AvgIpc) is 2.05. The van der Waals surface area contributed by atoms with Gasteiger partial charge in [-0.05, 0) is 30.6 Å². The highest BCUT2D eigenvalue weighted by atomic mass is 14.8. The first kappa shape index (κ1) is 9.63. The molecule has 1 aliphatic carbocycles. The lowest BCUT2D eigenvalue weighted by Gasteiger charge is -2.30. The quantitative estimate of drug-likeness (QED) is 0.667. The maximum Gasteiger partial charge on any atom is 0.00666 e. The third-order valence-electron chi connectivity index (χ3n) is 3.01. The van der Waals surface area contributed by atoms with E-state index in [0.29, 0.717) is 0 Å². The van der Waals surface area contributed by atoms with Gasteiger partial charge in [0.25, 0.3) is 0 Å². The highest BCUT2D eigenvalue weighted by Gasteiger charge is 2.22. The smallest absolute Gasteiger partial charge is 0.00666 e. The van der Waals surface area contributed by atoms with Crippen LogP contribution >= 0.6 is 0 Å². The third kappa shape index (κ3) is 2.02. The van der Waals surface area contributed by atoms with Crippen molar-refractivity contribution in [2.45, 2.75) is 33.6 Å². The van der Waals surface area contributed by atoms with Crippen LogP contribution in [0.5, 0.6) is 0 Å². The van der Waals surface area contributed by atoms with E-state index in [-0.39, 0.29) is 0 Å². The minimum absolute atomic E-state index is 0.779. The fourth-order valence-corrected chi connectivity index (χ4v) is 2.11. The molecule has 1 heteroatoms. The minimum Gasteiger partial charge on any atom is -0.392 e. The molecular formula is C11H21N. The maximum absolute atomic E-state index is 3.27. The molecule has 0 radical (unpaired) electrons. The summed E-state index contributed by atoms with van der Waals surface area (Å²) in [6.45, 7) is 7.00. The molecule has 0 heterocycles. The summed E-state index contributed by atoms with van der Waals surface area (Å²) in [5.41, 5.74) is 1.44. The first-order valence-corrected chi connectivity index (χ1v) is 5.03. The zero-order chi connectivity index (χ0) is 9.14. The van der Waals surface area contributed by atoms with E-state index >= 15 is 0 Å². The Labute approximate surface area is 76.2 Å². The van der Waals surface area contributed by atoms with E-state index in [4.69, 9.17) is 0 Å². The van der Waals surface area contributed by atoms with Crippen LogP contribution in [0.3, 0.4) is 0 Å². The van der Waals surface area contributed by atoms with Gasteiger partial charge in [0.15, 0.2) is 0 Å². The Morgan fingerprint density at radius 2 is 2.17 bits per heavy atom. The predicted molar refractivity (Wildman–Crippen MR) is 53.9 cm³/mol. The van der Waals surface area contributed by atoms with Crippen LogP contribution in [0.1, 0.15) is 33.6 Å². The maximum atomic E-state index is 3.27. The number of rotatable bonds is 2. The molecule has 0 bridgehead atoms. The Bertz CT molecular complexity index is 170. The monoisotopic (exact) mass is 167 g/mol. The summed E-state index contributed by atoms with van der Waals surface area (Å²) in [4.78, 5) is 0. The van der Waals surface area contributed by atoms with Crippen LogP contribution < -0.4 is 5.32 Å². The Morgan fingerprint density at radius 3 is 2.67 bits per heavy atom. The molecule has 2 unspecified atom stereocenters. The second-order valence-electron chi connectivity index (χ2n) is 4.28. The molecule has 0 aliphatic heterocycles. The Morgan fingerprint density at radius 1 is 1.50 bits per heavy atom. The van der Waals surface area contributed by atoms with E-state index < -0.39 is 0 Å². The molecule has 2 atom stereocenters. The molecule has 0 aromatic rings. The molecule has 0 spiro atoms. The van der Waals surface area contributed by atoms with E-state index in [1.54, 1.807) is 0 Å². The molecule has 0 aromatic heterocycles. The van der Waals surface area contributed by atoms with Gasteiger partial charge in [0.2, 0.25) is 0 Å². The van der Waals surface area contributed by atoms with Gasteiger partial charge in [0.1, 0.15) is 0 Å². The average molecular weight is 167 g/mol. The van der Waals surface area contributed by atoms with Crippen LogP contribution in [0.2, 0.25) is 0 Å². The summed E-state index contributed by atoms with van der Waals surface area (Å²) in [6.07, 6.45) is 5.01. The molecule has 70 valence electrons. The van der Waals surface area contributed by atoms with Crippen molar-refractivity contribution in [2.24, 2.45) is 17.8 Å². The fraction of sp³-hybridized carbons (Fsp3) is 0.818. The SMILES string of the molecule is CNC1=CC(C(C)C)C(C)CC1. The van der Waals surface area contributed by atoms with Gasteiger partial charge in [-0.25, -0.2) is 0 Å².